The molecule has 1 aliphatic rings. The lowest BCUT2D eigenvalue weighted by atomic mass is 9.94. The molecule has 10 heteroatoms. The Kier molecular flexibility index (Phi) is 6.06. The van der Waals surface area contributed by atoms with Crippen molar-refractivity contribution in [3.05, 3.63) is 54.6 Å². The number of hydrogen-bond acceptors (Lipinski definition) is 8. The number of pyridine rings is 1. The Bertz CT molecular complexity index is 1030. The first-order valence-corrected chi connectivity index (χ1v) is 9.96. The van der Waals surface area contributed by atoms with Crippen LogP contribution in [0.15, 0.2) is 53.1 Å². The third kappa shape index (κ3) is 5.35. The van der Waals surface area contributed by atoms with Crippen LogP contribution in [0.25, 0.3) is 0 Å². The van der Waals surface area contributed by atoms with E-state index in [-0.39, 0.29) is 24.2 Å². The summed E-state index contributed by atoms with van der Waals surface area (Å²) in [5.74, 6) is -0.441. The van der Waals surface area contributed by atoms with Crippen molar-refractivity contribution in [2.45, 2.75) is 19.3 Å². The molecule has 10 nitrogen and oxygen atoms in total. The quantitative estimate of drug-likeness (QED) is 0.525. The topological polar surface area (TPSA) is 133 Å². The van der Waals surface area contributed by atoms with Crippen LogP contribution in [0.5, 0.6) is 0 Å². The minimum absolute atomic E-state index is 0.121. The van der Waals surface area contributed by atoms with Gasteiger partial charge < -0.3 is 25.1 Å². The lowest BCUT2D eigenvalue weighted by Gasteiger charge is -2.32. The van der Waals surface area contributed by atoms with Crippen molar-refractivity contribution in [1.29, 1.82) is 0 Å². The number of carboxylic acids is 1. The molecule has 0 unspecified atom stereocenters. The number of amides is 1. The van der Waals surface area contributed by atoms with E-state index < -0.39 is 11.9 Å². The Morgan fingerprint density at radius 3 is 2.52 bits per heavy atom. The second-order valence-electron chi connectivity index (χ2n) is 7.29. The van der Waals surface area contributed by atoms with Crippen LogP contribution in [0.1, 0.15) is 29.9 Å². The molecule has 31 heavy (non-hydrogen) atoms. The average Bonchev–Trinajstić information content (AvgIpc) is 3.24. The minimum Gasteiger partial charge on any atom is -0.481 e. The fourth-order valence-electron chi connectivity index (χ4n) is 3.46. The molecule has 1 amide bonds. The van der Waals surface area contributed by atoms with Crippen LogP contribution in [-0.4, -0.2) is 45.3 Å². The van der Waals surface area contributed by atoms with Crippen LogP contribution in [0.3, 0.4) is 0 Å². The predicted octanol–water partition coefficient (Wildman–Crippen LogP) is 3.15. The molecule has 1 saturated heterocycles. The number of benzene rings is 1. The van der Waals surface area contributed by atoms with E-state index in [0.29, 0.717) is 5.69 Å². The SMILES string of the molecule is O=C(O)CC1CCN(c2ccc(NC(=O)c3nnc(Nc4ccccc4)o3)cn2)CC1. The zero-order valence-electron chi connectivity index (χ0n) is 16.7. The van der Waals surface area contributed by atoms with Gasteiger partial charge in [0.05, 0.1) is 11.9 Å². The number of carboxylic acid groups (broad SMARTS) is 1. The Morgan fingerprint density at radius 2 is 1.84 bits per heavy atom. The number of piperidine rings is 1. The number of carbonyl (C=O) groups is 2. The summed E-state index contributed by atoms with van der Waals surface area (Å²) in [4.78, 5) is 29.7. The van der Waals surface area contributed by atoms with Crippen molar-refractivity contribution in [3.63, 3.8) is 0 Å². The van der Waals surface area contributed by atoms with Gasteiger partial charge in [-0.25, -0.2) is 4.98 Å². The third-order valence-corrected chi connectivity index (χ3v) is 5.05. The summed E-state index contributed by atoms with van der Waals surface area (Å²) in [7, 11) is 0. The summed E-state index contributed by atoms with van der Waals surface area (Å²) in [6, 6.07) is 13.0. The van der Waals surface area contributed by atoms with Crippen molar-refractivity contribution in [3.8, 4) is 0 Å². The summed E-state index contributed by atoms with van der Waals surface area (Å²) in [6.45, 7) is 1.52. The smallest absolute Gasteiger partial charge is 0.320 e. The predicted molar refractivity (Wildman–Crippen MR) is 113 cm³/mol. The van der Waals surface area contributed by atoms with Crippen molar-refractivity contribution < 1.29 is 19.1 Å². The average molecular weight is 422 g/mol. The first-order chi connectivity index (χ1) is 15.1. The van der Waals surface area contributed by atoms with Crippen LogP contribution in [0.4, 0.5) is 23.2 Å². The maximum Gasteiger partial charge on any atom is 0.320 e. The number of rotatable bonds is 7. The molecule has 3 heterocycles. The van der Waals surface area contributed by atoms with Gasteiger partial charge in [0.15, 0.2) is 0 Å². The zero-order valence-corrected chi connectivity index (χ0v) is 16.7. The number of anilines is 4. The molecule has 2 aromatic heterocycles. The summed E-state index contributed by atoms with van der Waals surface area (Å²) < 4.78 is 5.36. The van der Waals surface area contributed by atoms with Gasteiger partial charge >= 0.3 is 23.8 Å². The van der Waals surface area contributed by atoms with Crippen LogP contribution < -0.4 is 15.5 Å². The zero-order chi connectivity index (χ0) is 21.6. The monoisotopic (exact) mass is 422 g/mol. The third-order valence-electron chi connectivity index (χ3n) is 5.05. The van der Waals surface area contributed by atoms with Gasteiger partial charge in [0, 0.05) is 25.2 Å². The number of carbonyl (C=O) groups excluding carboxylic acids is 1. The van der Waals surface area contributed by atoms with Gasteiger partial charge in [-0.3, -0.25) is 9.59 Å². The highest BCUT2D eigenvalue weighted by Gasteiger charge is 2.22. The van der Waals surface area contributed by atoms with Gasteiger partial charge in [-0.05, 0) is 43.0 Å². The van der Waals surface area contributed by atoms with Crippen LogP contribution in [-0.2, 0) is 4.79 Å². The van der Waals surface area contributed by atoms with E-state index in [4.69, 9.17) is 9.52 Å². The van der Waals surface area contributed by atoms with E-state index in [1.54, 1.807) is 12.3 Å². The molecule has 0 atom stereocenters. The summed E-state index contributed by atoms with van der Waals surface area (Å²) in [5, 5.41) is 22.1. The fraction of sp³-hybridized carbons (Fsp3) is 0.286. The molecule has 1 fully saturated rings. The number of nitrogens with zero attached hydrogens (tertiary/aromatic N) is 4. The molecule has 3 aromatic rings. The van der Waals surface area contributed by atoms with Gasteiger partial charge in [0.25, 0.3) is 0 Å². The Labute approximate surface area is 178 Å². The van der Waals surface area contributed by atoms with E-state index in [1.807, 2.05) is 36.4 Å². The lowest BCUT2D eigenvalue weighted by Crippen LogP contribution is -2.34. The molecule has 1 aliphatic heterocycles. The highest BCUT2D eigenvalue weighted by atomic mass is 16.4. The van der Waals surface area contributed by atoms with Crippen LogP contribution >= 0.6 is 0 Å². The molecule has 0 spiro atoms. The van der Waals surface area contributed by atoms with Gasteiger partial charge in [0.1, 0.15) is 5.82 Å². The minimum atomic E-state index is -0.749. The highest BCUT2D eigenvalue weighted by Crippen LogP contribution is 2.25. The second-order valence-corrected chi connectivity index (χ2v) is 7.29. The first-order valence-electron chi connectivity index (χ1n) is 9.96. The highest BCUT2D eigenvalue weighted by molar-refractivity contribution is 6.00. The summed E-state index contributed by atoms with van der Waals surface area (Å²) in [6.07, 6.45) is 3.42. The van der Waals surface area contributed by atoms with Crippen LogP contribution in [0.2, 0.25) is 0 Å². The molecule has 0 saturated carbocycles. The number of hydrogen-bond donors (Lipinski definition) is 3. The van der Waals surface area contributed by atoms with E-state index in [0.717, 1.165) is 37.4 Å². The number of para-hydroxylation sites is 1. The standard InChI is InChI=1S/C21H22N6O4/c28-18(29)12-14-8-10-27(11-9-14)17-7-6-16(13-22-17)23-19(30)20-25-26-21(31-20)24-15-4-2-1-3-5-15/h1-7,13-14H,8-12H2,(H,23,30)(H,24,26)(H,28,29). The molecule has 160 valence electrons. The number of aromatic nitrogens is 3. The van der Waals surface area contributed by atoms with Gasteiger partial charge in [-0.15, -0.1) is 5.10 Å². The number of aliphatic carboxylic acids is 1. The molecular formula is C21H22N6O4. The normalized spacial score (nSPS) is 14.3. The van der Waals surface area contributed by atoms with E-state index in [2.05, 4.69) is 30.7 Å². The van der Waals surface area contributed by atoms with Gasteiger partial charge in [-0.2, -0.15) is 0 Å². The second kappa shape index (κ2) is 9.24. The lowest BCUT2D eigenvalue weighted by molar-refractivity contribution is -0.138. The summed E-state index contributed by atoms with van der Waals surface area (Å²) >= 11 is 0. The molecule has 3 N–H and O–H groups in total. The maximum atomic E-state index is 12.4. The van der Waals surface area contributed by atoms with E-state index in [1.165, 1.54) is 0 Å². The largest absolute Gasteiger partial charge is 0.481 e. The van der Waals surface area contributed by atoms with E-state index in [9.17, 15) is 9.59 Å². The molecule has 4 rings (SSSR count). The van der Waals surface area contributed by atoms with Crippen LogP contribution in [0, 0.1) is 5.92 Å². The van der Waals surface area contributed by atoms with Gasteiger partial charge in [-0.1, -0.05) is 23.3 Å². The molecule has 1 aromatic carbocycles. The van der Waals surface area contributed by atoms with E-state index >= 15 is 0 Å². The molecule has 0 aliphatic carbocycles. The van der Waals surface area contributed by atoms with Crippen molar-refractivity contribution >= 4 is 35.1 Å². The summed E-state index contributed by atoms with van der Waals surface area (Å²) in [5.41, 5.74) is 1.27. The number of nitrogens with one attached hydrogen (secondary N) is 2. The van der Waals surface area contributed by atoms with Crippen molar-refractivity contribution in [1.82, 2.24) is 15.2 Å². The maximum absolute atomic E-state index is 12.4. The van der Waals surface area contributed by atoms with Crippen molar-refractivity contribution in [2.24, 2.45) is 5.92 Å². The Balaban J connectivity index is 1.31. The molecule has 0 bridgehead atoms. The Morgan fingerprint density at radius 1 is 1.06 bits per heavy atom. The fourth-order valence-corrected chi connectivity index (χ4v) is 3.46. The molecule has 0 radical (unpaired) electrons. The molecular weight excluding hydrogens is 400 g/mol. The van der Waals surface area contributed by atoms with Gasteiger partial charge in [0.2, 0.25) is 0 Å². The van der Waals surface area contributed by atoms with Crippen molar-refractivity contribution in [2.75, 3.05) is 28.6 Å². The Hall–Kier alpha value is -3.95. The first kappa shape index (κ1) is 20.3.